The van der Waals surface area contributed by atoms with Crippen molar-refractivity contribution in [2.45, 2.75) is 82.6 Å². The molecule has 0 saturated heterocycles. The number of hydrogen-bond acceptors (Lipinski definition) is 9. The molecule has 0 aromatic heterocycles. The summed E-state index contributed by atoms with van der Waals surface area (Å²) < 4.78 is 40.1. The maximum absolute atomic E-state index is 14.6. The summed E-state index contributed by atoms with van der Waals surface area (Å²) in [6.07, 6.45) is 9.08. The standard InChI is InChI=1S/C40H53FN2O8/c1-5-19-43(39(46)47-3)36-25-34(42-48-4)31-23-27(13-9-11-20-44)30(15-10-12-21-45)37-32-24-29(49-26-28-14-7-8-16-33(28)41)17-18-35(32)51-40(36,38(31)37)50-22-6-2/h6-8,14,16-18,23-24,27,30,36-38,44-45H,2,5,9-13,15,19-22,25-26H2,1,3-4H3. The number of allylic oxidation sites excluding steroid dienone is 1. The topological polar surface area (TPSA) is 119 Å². The summed E-state index contributed by atoms with van der Waals surface area (Å²) in [6.45, 7) is 6.78. The molecule has 1 fully saturated rings. The molecule has 278 valence electrons. The van der Waals surface area contributed by atoms with Crippen molar-refractivity contribution in [3.8, 4) is 11.5 Å². The summed E-state index contributed by atoms with van der Waals surface area (Å²) in [6, 6.07) is 11.6. The Morgan fingerprint density at radius 1 is 1.12 bits per heavy atom. The second kappa shape index (κ2) is 18.0. The van der Waals surface area contributed by atoms with Crippen LogP contribution in [0.2, 0.25) is 0 Å². The molecule has 6 unspecified atom stereocenters. The smallest absolute Gasteiger partial charge is 0.409 e. The van der Waals surface area contributed by atoms with Crippen LogP contribution in [0, 0.1) is 23.6 Å². The molecule has 2 aromatic carbocycles. The zero-order valence-electron chi connectivity index (χ0n) is 30.1. The molecule has 1 amide bonds. The number of oxime groups is 1. The Balaban J connectivity index is 1.73. The predicted molar refractivity (Wildman–Crippen MR) is 192 cm³/mol. The molecule has 1 heterocycles. The SMILES string of the molecule is C=CCOC12Oc3ccc(OCc4ccccc4F)cc3C3C(CCCCO)C(CCCCO)C=C(C(=NOC)CC1N(CCC)C(=O)OC)C32. The summed E-state index contributed by atoms with van der Waals surface area (Å²) in [7, 11) is 2.89. The van der Waals surface area contributed by atoms with Gasteiger partial charge in [-0.05, 0) is 73.8 Å². The second-order valence-corrected chi connectivity index (χ2v) is 13.5. The van der Waals surface area contributed by atoms with Crippen molar-refractivity contribution in [2.75, 3.05) is 40.6 Å². The number of amides is 1. The number of unbranched alkanes of at least 4 members (excludes halogenated alkanes) is 2. The Labute approximate surface area is 300 Å². The van der Waals surface area contributed by atoms with Gasteiger partial charge in [0.1, 0.15) is 37.1 Å². The van der Waals surface area contributed by atoms with E-state index in [-0.39, 0.29) is 50.0 Å². The van der Waals surface area contributed by atoms with Crippen LogP contribution in [-0.2, 0) is 20.9 Å². The lowest BCUT2D eigenvalue weighted by Crippen LogP contribution is -2.70. The minimum absolute atomic E-state index is 0.0550. The van der Waals surface area contributed by atoms with Crippen molar-refractivity contribution in [1.29, 1.82) is 0 Å². The predicted octanol–water partition coefficient (Wildman–Crippen LogP) is 7.15. The minimum Gasteiger partial charge on any atom is -0.489 e. The Morgan fingerprint density at radius 2 is 1.88 bits per heavy atom. The molecule has 10 nitrogen and oxygen atoms in total. The molecular formula is C40H53FN2O8. The molecule has 6 atom stereocenters. The van der Waals surface area contributed by atoms with Gasteiger partial charge in [-0.1, -0.05) is 55.3 Å². The Morgan fingerprint density at radius 3 is 2.57 bits per heavy atom. The van der Waals surface area contributed by atoms with Gasteiger partial charge in [-0.2, -0.15) is 0 Å². The van der Waals surface area contributed by atoms with Crippen molar-refractivity contribution >= 4 is 11.8 Å². The number of nitrogens with zero attached hydrogens (tertiary/aromatic N) is 2. The van der Waals surface area contributed by atoms with E-state index >= 15 is 0 Å². The number of halogens is 1. The maximum Gasteiger partial charge on any atom is 0.409 e. The van der Waals surface area contributed by atoms with Gasteiger partial charge in [0.25, 0.3) is 0 Å². The largest absolute Gasteiger partial charge is 0.489 e. The van der Waals surface area contributed by atoms with Crippen molar-refractivity contribution < 1.29 is 43.2 Å². The lowest BCUT2D eigenvalue weighted by molar-refractivity contribution is -0.255. The number of methoxy groups -OCH3 is 1. The van der Waals surface area contributed by atoms with Crippen LogP contribution in [0.4, 0.5) is 9.18 Å². The molecule has 3 aliphatic rings. The molecule has 11 heteroatoms. The second-order valence-electron chi connectivity index (χ2n) is 13.5. The van der Waals surface area contributed by atoms with Gasteiger partial charge in [0.05, 0.1) is 25.3 Å². The average molecular weight is 709 g/mol. The lowest BCUT2D eigenvalue weighted by atomic mass is 9.55. The zero-order chi connectivity index (χ0) is 36.4. The molecule has 0 spiro atoms. The molecule has 5 rings (SSSR count). The third kappa shape index (κ3) is 8.10. The molecule has 2 aliphatic carbocycles. The van der Waals surface area contributed by atoms with Crippen LogP contribution >= 0.6 is 0 Å². The number of hydrogen-bond donors (Lipinski definition) is 2. The number of carbonyl (C=O) groups excluding carboxylic acids is 1. The first kappa shape index (κ1) is 38.3. The van der Waals surface area contributed by atoms with Gasteiger partial charge in [0.2, 0.25) is 5.79 Å². The summed E-state index contributed by atoms with van der Waals surface area (Å²) in [5, 5.41) is 24.1. The van der Waals surface area contributed by atoms with Crippen LogP contribution in [0.5, 0.6) is 11.5 Å². The molecular weight excluding hydrogens is 655 g/mol. The van der Waals surface area contributed by atoms with Crippen LogP contribution in [0.3, 0.4) is 0 Å². The van der Waals surface area contributed by atoms with Gasteiger partial charge < -0.3 is 34.0 Å². The fourth-order valence-corrected chi connectivity index (χ4v) is 8.36. The zero-order valence-corrected chi connectivity index (χ0v) is 30.1. The summed E-state index contributed by atoms with van der Waals surface area (Å²) in [5.41, 5.74) is 3.03. The van der Waals surface area contributed by atoms with Crippen molar-refractivity contribution in [1.82, 2.24) is 4.90 Å². The molecule has 0 bridgehead atoms. The van der Waals surface area contributed by atoms with Gasteiger partial charge in [-0.3, -0.25) is 4.90 Å². The Kier molecular flexibility index (Phi) is 13.5. The van der Waals surface area contributed by atoms with E-state index in [0.717, 1.165) is 36.8 Å². The van der Waals surface area contributed by atoms with Crippen molar-refractivity contribution in [2.24, 2.45) is 22.9 Å². The number of aliphatic hydroxyl groups is 2. The highest BCUT2D eigenvalue weighted by Gasteiger charge is 2.65. The highest BCUT2D eigenvalue weighted by Crippen LogP contribution is 2.62. The van der Waals surface area contributed by atoms with Crippen LogP contribution in [0.25, 0.3) is 0 Å². The highest BCUT2D eigenvalue weighted by atomic mass is 19.1. The first-order valence-electron chi connectivity index (χ1n) is 18.2. The third-order valence-corrected chi connectivity index (χ3v) is 10.4. The molecule has 0 radical (unpaired) electrons. The molecule has 1 aliphatic heterocycles. The van der Waals surface area contributed by atoms with E-state index in [4.69, 9.17) is 23.8 Å². The van der Waals surface area contributed by atoms with E-state index in [2.05, 4.69) is 17.8 Å². The molecule has 2 aromatic rings. The van der Waals surface area contributed by atoms with E-state index in [1.54, 1.807) is 29.2 Å². The number of aliphatic hydroxyl groups excluding tert-OH is 2. The number of fused-ring (bicyclic) bond motifs is 2. The summed E-state index contributed by atoms with van der Waals surface area (Å²) >= 11 is 0. The van der Waals surface area contributed by atoms with E-state index < -0.39 is 23.8 Å². The van der Waals surface area contributed by atoms with E-state index in [0.29, 0.717) is 55.0 Å². The van der Waals surface area contributed by atoms with E-state index in [1.807, 2.05) is 25.1 Å². The van der Waals surface area contributed by atoms with Crippen LogP contribution in [-0.4, -0.2) is 79.3 Å². The van der Waals surface area contributed by atoms with Gasteiger partial charge in [0, 0.05) is 43.2 Å². The Bertz CT molecular complexity index is 1550. The number of ether oxygens (including phenoxy) is 4. The van der Waals surface area contributed by atoms with E-state index in [9.17, 15) is 19.4 Å². The van der Waals surface area contributed by atoms with Crippen LogP contribution < -0.4 is 9.47 Å². The monoisotopic (exact) mass is 708 g/mol. The number of rotatable bonds is 18. The molecule has 1 saturated carbocycles. The highest BCUT2D eigenvalue weighted by molar-refractivity contribution is 6.02. The number of benzene rings is 2. The fraction of sp³-hybridized carbons (Fsp3) is 0.550. The number of carbonyl (C=O) groups is 1. The van der Waals surface area contributed by atoms with Crippen LogP contribution in [0.15, 0.2) is 71.9 Å². The Hall–Kier alpha value is -3.93. The first-order chi connectivity index (χ1) is 24.9. The maximum atomic E-state index is 14.6. The fourth-order valence-electron chi connectivity index (χ4n) is 8.36. The van der Waals surface area contributed by atoms with Crippen molar-refractivity contribution in [3.63, 3.8) is 0 Å². The van der Waals surface area contributed by atoms with Crippen molar-refractivity contribution in [3.05, 3.63) is 83.7 Å². The summed E-state index contributed by atoms with van der Waals surface area (Å²) in [4.78, 5) is 20.7. The van der Waals surface area contributed by atoms with Gasteiger partial charge in [0.15, 0.2) is 0 Å². The molecule has 2 N–H and O–H groups in total. The average Bonchev–Trinajstić information content (AvgIpc) is 3.14. The normalized spacial score (nSPS) is 25.6. The van der Waals surface area contributed by atoms with Gasteiger partial charge in [-0.15, -0.1) is 6.58 Å². The van der Waals surface area contributed by atoms with Crippen LogP contribution in [0.1, 0.15) is 75.3 Å². The van der Waals surface area contributed by atoms with E-state index in [1.165, 1.54) is 20.3 Å². The quantitative estimate of drug-likeness (QED) is 0.0953. The summed E-state index contributed by atoms with van der Waals surface area (Å²) in [5.74, 6) is -0.962. The lowest BCUT2D eigenvalue weighted by Gasteiger charge is -2.59. The minimum atomic E-state index is -1.35. The third-order valence-electron chi connectivity index (χ3n) is 10.4. The first-order valence-corrected chi connectivity index (χ1v) is 18.2. The van der Waals surface area contributed by atoms with Gasteiger partial charge in [-0.25, -0.2) is 9.18 Å². The van der Waals surface area contributed by atoms with Gasteiger partial charge >= 0.3 is 6.09 Å². The molecule has 51 heavy (non-hydrogen) atoms.